The lowest BCUT2D eigenvalue weighted by atomic mass is 10.1. The molecule has 1 N–H and O–H groups in total. The predicted molar refractivity (Wildman–Crippen MR) is 78.2 cm³/mol. The lowest BCUT2D eigenvalue weighted by Gasteiger charge is -2.20. The van der Waals surface area contributed by atoms with E-state index in [-0.39, 0.29) is 17.9 Å². The molecule has 0 unspecified atom stereocenters. The molecular formula is C14H23NO3S. The van der Waals surface area contributed by atoms with E-state index in [1.54, 1.807) is 0 Å². The van der Waals surface area contributed by atoms with Gasteiger partial charge in [-0.3, -0.25) is 0 Å². The first-order valence-electron chi connectivity index (χ1n) is 6.30. The molecule has 0 aliphatic carbocycles. The molecule has 0 spiro atoms. The summed E-state index contributed by atoms with van der Waals surface area (Å²) < 4.78 is 27.5. The van der Waals surface area contributed by atoms with Gasteiger partial charge in [0.15, 0.2) is 9.84 Å². The van der Waals surface area contributed by atoms with Crippen LogP contribution in [0.15, 0.2) is 24.3 Å². The van der Waals surface area contributed by atoms with Crippen LogP contribution >= 0.6 is 0 Å². The van der Waals surface area contributed by atoms with Gasteiger partial charge in [-0.05, 0) is 38.5 Å². The van der Waals surface area contributed by atoms with Crippen LogP contribution in [0.3, 0.4) is 0 Å². The Labute approximate surface area is 116 Å². The van der Waals surface area contributed by atoms with E-state index in [0.717, 1.165) is 12.1 Å². The quantitative estimate of drug-likeness (QED) is 0.868. The molecule has 4 nitrogen and oxygen atoms in total. The highest BCUT2D eigenvalue weighted by atomic mass is 32.2. The topological polar surface area (TPSA) is 55.4 Å². The Morgan fingerprint density at radius 3 is 2.53 bits per heavy atom. The summed E-state index contributed by atoms with van der Waals surface area (Å²) in [5.74, 6) is 0.745. The van der Waals surface area contributed by atoms with Gasteiger partial charge in [-0.1, -0.05) is 12.1 Å². The van der Waals surface area contributed by atoms with Gasteiger partial charge in [-0.2, -0.15) is 0 Å². The van der Waals surface area contributed by atoms with Gasteiger partial charge in [0.2, 0.25) is 0 Å². The highest BCUT2D eigenvalue weighted by Gasteiger charge is 2.08. The number of hydrogen-bond acceptors (Lipinski definition) is 4. The smallest absolute Gasteiger partial charge is 0.150 e. The van der Waals surface area contributed by atoms with Gasteiger partial charge in [0, 0.05) is 18.3 Å². The molecule has 19 heavy (non-hydrogen) atoms. The largest absolute Gasteiger partial charge is 0.493 e. The van der Waals surface area contributed by atoms with Crippen LogP contribution in [-0.4, -0.2) is 32.6 Å². The third-order valence-corrected chi connectivity index (χ3v) is 3.35. The minimum Gasteiger partial charge on any atom is -0.493 e. The maximum Gasteiger partial charge on any atom is 0.150 e. The number of nitrogens with one attached hydrogen (secondary N) is 1. The minimum atomic E-state index is -2.97. The van der Waals surface area contributed by atoms with Crippen molar-refractivity contribution in [1.82, 2.24) is 5.32 Å². The molecule has 5 heteroatoms. The maximum atomic E-state index is 11.0. The summed E-state index contributed by atoms with van der Waals surface area (Å²) in [4.78, 5) is 0. The fourth-order valence-corrected chi connectivity index (χ4v) is 1.81. The Balaban J connectivity index is 2.52. The monoisotopic (exact) mass is 285 g/mol. The summed E-state index contributed by atoms with van der Waals surface area (Å²) in [6.07, 6.45) is 1.21. The van der Waals surface area contributed by atoms with Crippen molar-refractivity contribution in [2.45, 2.75) is 32.9 Å². The highest BCUT2D eigenvalue weighted by Crippen LogP contribution is 2.14. The lowest BCUT2D eigenvalue weighted by Crippen LogP contribution is -2.35. The van der Waals surface area contributed by atoms with Gasteiger partial charge in [0.1, 0.15) is 12.4 Å². The Morgan fingerprint density at radius 2 is 1.95 bits per heavy atom. The van der Waals surface area contributed by atoms with Crippen molar-refractivity contribution in [3.8, 4) is 5.75 Å². The molecular weight excluding hydrogens is 262 g/mol. The molecule has 0 bridgehead atoms. The Hall–Kier alpha value is -1.07. The SMILES string of the molecule is CC(C)(C)NCc1cccc(OCCS(C)(=O)=O)c1. The first-order chi connectivity index (χ1) is 8.66. The third kappa shape index (κ3) is 7.85. The zero-order chi connectivity index (χ0) is 14.5. The standard InChI is InChI=1S/C14H23NO3S/c1-14(2,3)15-11-12-6-5-7-13(10-12)18-8-9-19(4,16)17/h5-7,10,15H,8-9,11H2,1-4H3. The normalized spacial score (nSPS) is 12.4. The van der Waals surface area contributed by atoms with E-state index >= 15 is 0 Å². The second kappa shape index (κ2) is 6.39. The van der Waals surface area contributed by atoms with Crippen molar-refractivity contribution < 1.29 is 13.2 Å². The molecule has 0 aliphatic heterocycles. The molecule has 1 aromatic carbocycles. The summed E-state index contributed by atoms with van der Waals surface area (Å²) in [7, 11) is -2.97. The third-order valence-electron chi connectivity index (χ3n) is 2.44. The van der Waals surface area contributed by atoms with Gasteiger partial charge in [0.25, 0.3) is 0 Å². The highest BCUT2D eigenvalue weighted by molar-refractivity contribution is 7.90. The van der Waals surface area contributed by atoms with Crippen LogP contribution in [0.2, 0.25) is 0 Å². The first kappa shape index (κ1) is 16.0. The molecule has 0 amide bonds. The van der Waals surface area contributed by atoms with Crippen molar-refractivity contribution in [1.29, 1.82) is 0 Å². The summed E-state index contributed by atoms with van der Waals surface area (Å²) in [6, 6.07) is 7.70. The zero-order valence-electron chi connectivity index (χ0n) is 12.1. The number of ether oxygens (including phenoxy) is 1. The van der Waals surface area contributed by atoms with Crippen LogP contribution in [0, 0.1) is 0 Å². The fraction of sp³-hybridized carbons (Fsp3) is 0.571. The molecule has 108 valence electrons. The molecule has 0 radical (unpaired) electrons. The van der Waals surface area contributed by atoms with Gasteiger partial charge < -0.3 is 10.1 Å². The van der Waals surface area contributed by atoms with Crippen molar-refractivity contribution in [2.75, 3.05) is 18.6 Å². The summed E-state index contributed by atoms with van der Waals surface area (Å²) >= 11 is 0. The van der Waals surface area contributed by atoms with Gasteiger partial charge in [0.05, 0.1) is 5.75 Å². The number of rotatable bonds is 6. The maximum absolute atomic E-state index is 11.0. The average molecular weight is 285 g/mol. The fourth-order valence-electron chi connectivity index (χ4n) is 1.42. The second-order valence-corrected chi connectivity index (χ2v) is 7.99. The molecule has 1 rings (SSSR count). The van der Waals surface area contributed by atoms with Gasteiger partial charge in [-0.25, -0.2) is 8.42 Å². The van der Waals surface area contributed by atoms with E-state index in [9.17, 15) is 8.42 Å². The predicted octanol–water partition coefficient (Wildman–Crippen LogP) is 2.00. The Bertz CT molecular complexity index is 504. The van der Waals surface area contributed by atoms with E-state index in [0.29, 0.717) is 5.75 Å². The van der Waals surface area contributed by atoms with E-state index < -0.39 is 9.84 Å². The summed E-state index contributed by atoms with van der Waals surface area (Å²) in [5, 5.41) is 3.39. The molecule has 1 aromatic rings. The molecule has 0 atom stereocenters. The molecule has 0 aromatic heterocycles. The van der Waals surface area contributed by atoms with Crippen LogP contribution in [0.1, 0.15) is 26.3 Å². The summed E-state index contributed by atoms with van der Waals surface area (Å²) in [5.41, 5.74) is 1.18. The van der Waals surface area contributed by atoms with Crippen LogP contribution in [-0.2, 0) is 16.4 Å². The Morgan fingerprint density at radius 1 is 1.26 bits per heavy atom. The van der Waals surface area contributed by atoms with Crippen molar-refractivity contribution in [3.63, 3.8) is 0 Å². The van der Waals surface area contributed by atoms with Crippen molar-refractivity contribution in [3.05, 3.63) is 29.8 Å². The molecule has 0 saturated carbocycles. The minimum absolute atomic E-state index is 0.0392. The average Bonchev–Trinajstić information content (AvgIpc) is 2.24. The van der Waals surface area contributed by atoms with Gasteiger partial charge >= 0.3 is 0 Å². The molecule has 0 saturated heterocycles. The van der Waals surface area contributed by atoms with Crippen LogP contribution in [0.5, 0.6) is 5.75 Å². The lowest BCUT2D eigenvalue weighted by molar-refractivity contribution is 0.340. The van der Waals surface area contributed by atoms with Crippen LogP contribution in [0.4, 0.5) is 0 Å². The first-order valence-corrected chi connectivity index (χ1v) is 8.36. The van der Waals surface area contributed by atoms with Gasteiger partial charge in [-0.15, -0.1) is 0 Å². The molecule has 0 fully saturated rings. The molecule has 0 heterocycles. The van der Waals surface area contributed by atoms with Crippen molar-refractivity contribution in [2.24, 2.45) is 0 Å². The van der Waals surface area contributed by atoms with E-state index in [1.165, 1.54) is 6.26 Å². The zero-order valence-corrected chi connectivity index (χ0v) is 12.9. The van der Waals surface area contributed by atoms with Crippen LogP contribution < -0.4 is 10.1 Å². The van der Waals surface area contributed by atoms with E-state index in [4.69, 9.17) is 4.74 Å². The van der Waals surface area contributed by atoms with E-state index in [1.807, 2.05) is 24.3 Å². The van der Waals surface area contributed by atoms with Crippen molar-refractivity contribution >= 4 is 9.84 Å². The number of hydrogen-bond donors (Lipinski definition) is 1. The molecule has 0 aliphatic rings. The van der Waals surface area contributed by atoms with Crippen LogP contribution in [0.25, 0.3) is 0 Å². The Kier molecular flexibility index (Phi) is 5.38. The second-order valence-electron chi connectivity index (χ2n) is 5.73. The number of sulfone groups is 1. The van der Waals surface area contributed by atoms with E-state index in [2.05, 4.69) is 26.1 Å². The number of benzene rings is 1. The summed E-state index contributed by atoms with van der Waals surface area (Å²) in [6.45, 7) is 7.28.